The Labute approximate surface area is 416 Å². The Morgan fingerprint density at radius 1 is 0.529 bits per heavy atom. The predicted octanol–water partition coefficient (Wildman–Crippen LogP) is 12.6. The Morgan fingerprint density at radius 2 is 0.941 bits per heavy atom. The van der Waals surface area contributed by atoms with E-state index in [1.54, 1.807) is 6.08 Å². The number of aliphatic hydroxyl groups is 5. The zero-order chi connectivity index (χ0) is 49.6. The normalized spacial score (nSPS) is 19.5. The zero-order valence-corrected chi connectivity index (χ0v) is 43.8. The molecule has 0 radical (unpaired) electrons. The van der Waals surface area contributed by atoms with Crippen LogP contribution in [0, 0.1) is 0 Å². The molecule has 1 amide bonds. The van der Waals surface area contributed by atoms with Crippen LogP contribution in [0.25, 0.3) is 0 Å². The first-order valence-electron chi connectivity index (χ1n) is 28.6. The Bertz CT molecular complexity index is 1180. The minimum atomic E-state index is -1.57. The quantitative estimate of drug-likeness (QED) is 0.0196. The summed E-state index contributed by atoms with van der Waals surface area (Å²) in [5.74, 6) is -0.212. The SMILES string of the molecule is CCCCCCCCC/C=C/C(O)C(COC1OC(CO)C(O)C(O)C1O)NC(=O)CCCCCCCCC/C=C\CCCCCCCCOC(=O)CCCCCCCCCCCCCCCC. The number of ether oxygens (including phenoxy) is 3. The maximum Gasteiger partial charge on any atom is 0.305 e. The number of unbranched alkanes of at least 4 members (excludes halogenated alkanes) is 33. The fraction of sp³-hybridized carbons (Fsp3) is 0.895. The molecular formula is C57H107NO10. The lowest BCUT2D eigenvalue weighted by Gasteiger charge is -2.40. The molecule has 1 rings (SSSR count). The largest absolute Gasteiger partial charge is 0.466 e. The standard InChI is InChI=1S/C57H107NO10/c1-3-5-7-9-11-13-14-15-22-25-29-33-37-41-45-53(62)66-46-42-38-34-30-26-23-20-18-16-17-19-21-24-28-32-36-40-44-52(61)58-49(50(60)43-39-35-31-27-12-10-8-6-4-2)48-67-57-56(65)55(64)54(63)51(47-59)68-57/h16,18,39,43,49-51,54-57,59-60,63-65H,3-15,17,19-38,40-42,44-48H2,1-2H3,(H,58,61)/b18-16-,43-39+. The van der Waals surface area contributed by atoms with E-state index in [4.69, 9.17) is 14.2 Å². The molecule has 0 aromatic carbocycles. The number of carbonyl (C=O) groups is 2. The van der Waals surface area contributed by atoms with Gasteiger partial charge in [-0.2, -0.15) is 0 Å². The van der Waals surface area contributed by atoms with Crippen LogP contribution in [0.4, 0.5) is 0 Å². The molecule has 68 heavy (non-hydrogen) atoms. The second kappa shape index (κ2) is 47.5. The first-order valence-corrected chi connectivity index (χ1v) is 28.6. The smallest absolute Gasteiger partial charge is 0.305 e. The highest BCUT2D eigenvalue weighted by Crippen LogP contribution is 2.23. The molecule has 1 aliphatic rings. The van der Waals surface area contributed by atoms with E-state index in [2.05, 4.69) is 31.3 Å². The fourth-order valence-electron chi connectivity index (χ4n) is 8.96. The van der Waals surface area contributed by atoms with Crippen molar-refractivity contribution in [3.05, 3.63) is 24.3 Å². The van der Waals surface area contributed by atoms with Gasteiger partial charge in [0.05, 0.1) is 32.0 Å². The number of nitrogens with one attached hydrogen (secondary N) is 1. The van der Waals surface area contributed by atoms with Crippen LogP contribution >= 0.6 is 0 Å². The number of carbonyl (C=O) groups excluding carboxylic acids is 2. The Hall–Kier alpha value is -1.86. The zero-order valence-electron chi connectivity index (χ0n) is 43.8. The van der Waals surface area contributed by atoms with Gasteiger partial charge in [0.15, 0.2) is 6.29 Å². The monoisotopic (exact) mass is 966 g/mol. The van der Waals surface area contributed by atoms with Crippen molar-refractivity contribution in [1.29, 1.82) is 0 Å². The van der Waals surface area contributed by atoms with Crippen LogP contribution in [-0.2, 0) is 23.8 Å². The predicted molar refractivity (Wildman–Crippen MR) is 278 cm³/mol. The summed E-state index contributed by atoms with van der Waals surface area (Å²) in [6.07, 6.45) is 45.6. The first kappa shape index (κ1) is 64.2. The second-order valence-electron chi connectivity index (χ2n) is 20.0. The van der Waals surface area contributed by atoms with Crippen LogP contribution in [0.3, 0.4) is 0 Å². The van der Waals surface area contributed by atoms with E-state index in [1.165, 1.54) is 154 Å². The lowest BCUT2D eigenvalue weighted by molar-refractivity contribution is -0.302. The molecule has 0 spiro atoms. The highest BCUT2D eigenvalue weighted by Gasteiger charge is 2.44. The van der Waals surface area contributed by atoms with E-state index in [1.807, 2.05) is 6.08 Å². The number of aliphatic hydroxyl groups excluding tert-OH is 5. The summed E-state index contributed by atoms with van der Waals surface area (Å²) in [5.41, 5.74) is 0. The van der Waals surface area contributed by atoms with Crippen LogP contribution in [-0.4, -0.2) is 100 Å². The maximum absolute atomic E-state index is 13.0. The Morgan fingerprint density at radius 3 is 1.41 bits per heavy atom. The van der Waals surface area contributed by atoms with Gasteiger partial charge in [-0.1, -0.05) is 218 Å². The number of hydrogen-bond acceptors (Lipinski definition) is 10. The first-order chi connectivity index (χ1) is 33.2. The molecule has 7 atom stereocenters. The van der Waals surface area contributed by atoms with E-state index in [-0.39, 0.29) is 18.5 Å². The average Bonchev–Trinajstić information content (AvgIpc) is 3.33. The summed E-state index contributed by atoms with van der Waals surface area (Å²) in [6.45, 7) is 4.29. The van der Waals surface area contributed by atoms with Crippen molar-refractivity contribution in [2.75, 3.05) is 19.8 Å². The molecule has 11 nitrogen and oxygen atoms in total. The maximum atomic E-state index is 13.0. The minimum Gasteiger partial charge on any atom is -0.466 e. The molecule has 7 unspecified atom stereocenters. The van der Waals surface area contributed by atoms with Gasteiger partial charge in [-0.3, -0.25) is 9.59 Å². The number of allylic oxidation sites excluding steroid dienone is 3. The van der Waals surface area contributed by atoms with Gasteiger partial charge in [0.25, 0.3) is 0 Å². The highest BCUT2D eigenvalue weighted by atomic mass is 16.7. The summed E-state index contributed by atoms with van der Waals surface area (Å²) in [7, 11) is 0. The van der Waals surface area contributed by atoms with E-state index < -0.39 is 49.5 Å². The third-order valence-corrected chi connectivity index (χ3v) is 13.6. The molecule has 0 saturated carbocycles. The van der Waals surface area contributed by atoms with Gasteiger partial charge in [-0.25, -0.2) is 0 Å². The van der Waals surface area contributed by atoms with Gasteiger partial charge >= 0.3 is 5.97 Å². The van der Waals surface area contributed by atoms with Crippen molar-refractivity contribution in [3.8, 4) is 0 Å². The highest BCUT2D eigenvalue weighted by molar-refractivity contribution is 5.76. The summed E-state index contributed by atoms with van der Waals surface area (Å²) >= 11 is 0. The van der Waals surface area contributed by atoms with Crippen molar-refractivity contribution < 1.29 is 49.3 Å². The molecule has 0 aromatic heterocycles. The molecule has 1 fully saturated rings. The fourth-order valence-corrected chi connectivity index (χ4v) is 8.96. The summed E-state index contributed by atoms with van der Waals surface area (Å²) in [4.78, 5) is 25.0. The van der Waals surface area contributed by atoms with Gasteiger partial charge in [0, 0.05) is 12.8 Å². The van der Waals surface area contributed by atoms with Crippen LogP contribution < -0.4 is 5.32 Å². The van der Waals surface area contributed by atoms with E-state index in [0.717, 1.165) is 83.5 Å². The minimum absolute atomic E-state index is 0.0166. The van der Waals surface area contributed by atoms with Crippen molar-refractivity contribution in [3.63, 3.8) is 0 Å². The number of rotatable bonds is 49. The number of amides is 1. The third kappa shape index (κ3) is 37.0. The lowest BCUT2D eigenvalue weighted by atomic mass is 9.99. The summed E-state index contributed by atoms with van der Waals surface area (Å²) in [6, 6.07) is -0.817. The van der Waals surface area contributed by atoms with Crippen LogP contribution in [0.2, 0.25) is 0 Å². The molecule has 0 bridgehead atoms. The lowest BCUT2D eigenvalue weighted by Crippen LogP contribution is -2.60. The third-order valence-electron chi connectivity index (χ3n) is 13.6. The van der Waals surface area contributed by atoms with Crippen molar-refractivity contribution >= 4 is 11.9 Å². The van der Waals surface area contributed by atoms with Crippen LogP contribution in [0.1, 0.15) is 264 Å². The summed E-state index contributed by atoms with van der Waals surface area (Å²) < 4.78 is 16.7. The molecule has 6 N–H and O–H groups in total. The molecule has 11 heteroatoms. The van der Waals surface area contributed by atoms with E-state index >= 15 is 0 Å². The van der Waals surface area contributed by atoms with Crippen molar-refractivity contribution in [2.45, 2.75) is 307 Å². The molecule has 0 aliphatic carbocycles. The molecule has 400 valence electrons. The summed E-state index contributed by atoms with van der Waals surface area (Å²) in [5, 5.41) is 54.1. The molecule has 1 saturated heterocycles. The Balaban J connectivity index is 2.06. The van der Waals surface area contributed by atoms with Crippen molar-refractivity contribution in [1.82, 2.24) is 5.32 Å². The van der Waals surface area contributed by atoms with Crippen LogP contribution in [0.5, 0.6) is 0 Å². The molecule has 1 heterocycles. The molecular weight excluding hydrogens is 859 g/mol. The van der Waals surface area contributed by atoms with Gasteiger partial charge in [-0.05, 0) is 57.8 Å². The van der Waals surface area contributed by atoms with Crippen LogP contribution in [0.15, 0.2) is 24.3 Å². The molecule has 0 aromatic rings. The van der Waals surface area contributed by atoms with E-state index in [9.17, 15) is 35.1 Å². The molecule has 1 aliphatic heterocycles. The average molecular weight is 966 g/mol. The number of hydrogen-bond donors (Lipinski definition) is 6. The van der Waals surface area contributed by atoms with E-state index in [0.29, 0.717) is 19.4 Å². The van der Waals surface area contributed by atoms with Crippen molar-refractivity contribution in [2.24, 2.45) is 0 Å². The van der Waals surface area contributed by atoms with Gasteiger partial charge in [-0.15, -0.1) is 0 Å². The Kier molecular flexibility index (Phi) is 44.8. The van der Waals surface area contributed by atoms with Gasteiger partial charge in [0.2, 0.25) is 5.91 Å². The van der Waals surface area contributed by atoms with Gasteiger partial charge < -0.3 is 45.1 Å². The number of esters is 1. The van der Waals surface area contributed by atoms with Gasteiger partial charge in [0.1, 0.15) is 24.4 Å². The second-order valence-corrected chi connectivity index (χ2v) is 20.0. The topological polar surface area (TPSA) is 175 Å².